The van der Waals surface area contributed by atoms with Gasteiger partial charge >= 0.3 is 0 Å². The lowest BCUT2D eigenvalue weighted by Gasteiger charge is -2.11. The Kier molecular flexibility index (Phi) is 5.90. The number of hydrogen-bond donors (Lipinski definition) is 1. The van der Waals surface area contributed by atoms with Crippen molar-refractivity contribution in [3.63, 3.8) is 0 Å². The summed E-state index contributed by atoms with van der Waals surface area (Å²) in [6.07, 6.45) is 0. The van der Waals surface area contributed by atoms with E-state index >= 15 is 0 Å². The summed E-state index contributed by atoms with van der Waals surface area (Å²) in [6.45, 7) is 0.799. The molecular formula is C20H18BrNO3. The quantitative estimate of drug-likeness (QED) is 0.606. The summed E-state index contributed by atoms with van der Waals surface area (Å²) in [5.41, 5.74) is 0. The predicted octanol–water partition coefficient (Wildman–Crippen LogP) is 4.18. The number of carbonyl (C=O) groups excluding carboxylic acids is 1. The van der Waals surface area contributed by atoms with Gasteiger partial charge in [0.05, 0.1) is 11.0 Å². The number of ether oxygens (including phenoxy) is 2. The maximum absolute atomic E-state index is 11.9. The van der Waals surface area contributed by atoms with Crippen molar-refractivity contribution < 1.29 is 14.3 Å². The van der Waals surface area contributed by atoms with Crippen LogP contribution in [-0.2, 0) is 4.79 Å². The molecule has 0 radical (unpaired) electrons. The Hall–Kier alpha value is -2.53. The van der Waals surface area contributed by atoms with E-state index in [9.17, 15) is 4.79 Å². The van der Waals surface area contributed by atoms with Gasteiger partial charge in [-0.25, -0.2) is 0 Å². The van der Waals surface area contributed by atoms with Gasteiger partial charge in [-0.2, -0.15) is 0 Å². The number of nitrogens with one attached hydrogen (secondary N) is 1. The molecule has 3 rings (SSSR count). The first-order valence-electron chi connectivity index (χ1n) is 7.98. The van der Waals surface area contributed by atoms with Gasteiger partial charge in [0.25, 0.3) is 5.91 Å². The van der Waals surface area contributed by atoms with E-state index in [0.29, 0.717) is 18.9 Å². The second kappa shape index (κ2) is 8.53. The summed E-state index contributed by atoms with van der Waals surface area (Å²) in [4.78, 5) is 11.9. The van der Waals surface area contributed by atoms with Gasteiger partial charge in [0.1, 0.15) is 18.1 Å². The summed E-state index contributed by atoms with van der Waals surface area (Å²) < 4.78 is 12.0. The Morgan fingerprint density at radius 1 is 0.920 bits per heavy atom. The van der Waals surface area contributed by atoms with Crippen molar-refractivity contribution in [2.75, 3.05) is 19.8 Å². The fourth-order valence-electron chi connectivity index (χ4n) is 2.40. The maximum atomic E-state index is 11.9. The monoisotopic (exact) mass is 399 g/mol. The second-order valence-corrected chi connectivity index (χ2v) is 6.19. The molecule has 0 aliphatic rings. The van der Waals surface area contributed by atoms with Crippen LogP contribution in [0.25, 0.3) is 10.8 Å². The van der Waals surface area contributed by atoms with E-state index in [4.69, 9.17) is 9.47 Å². The van der Waals surface area contributed by atoms with Gasteiger partial charge in [0.2, 0.25) is 0 Å². The standard InChI is InChI=1S/C20H18BrNO3/c21-20-17-9-5-4-6-15(17)10-11-18(20)25-14-19(23)22-12-13-24-16-7-2-1-3-8-16/h1-11H,12-14H2,(H,22,23). The maximum Gasteiger partial charge on any atom is 0.258 e. The van der Waals surface area contributed by atoms with Crippen LogP contribution in [-0.4, -0.2) is 25.7 Å². The lowest BCUT2D eigenvalue weighted by Crippen LogP contribution is -2.32. The molecule has 0 heterocycles. The highest BCUT2D eigenvalue weighted by atomic mass is 79.9. The minimum atomic E-state index is -0.184. The Bertz CT molecular complexity index is 852. The molecule has 0 aliphatic heterocycles. The first-order chi connectivity index (χ1) is 12.2. The summed E-state index contributed by atoms with van der Waals surface area (Å²) in [5, 5.41) is 4.94. The number of benzene rings is 3. The number of halogens is 1. The van der Waals surface area contributed by atoms with Gasteiger partial charge in [-0.1, -0.05) is 48.5 Å². The van der Waals surface area contributed by atoms with Crippen molar-refractivity contribution in [2.45, 2.75) is 0 Å². The molecule has 3 aromatic carbocycles. The molecular weight excluding hydrogens is 382 g/mol. The largest absolute Gasteiger partial charge is 0.492 e. The van der Waals surface area contributed by atoms with Crippen LogP contribution >= 0.6 is 15.9 Å². The molecule has 0 aliphatic carbocycles. The molecule has 0 unspecified atom stereocenters. The van der Waals surface area contributed by atoms with Crippen molar-refractivity contribution in [3.8, 4) is 11.5 Å². The number of hydrogen-bond acceptors (Lipinski definition) is 3. The zero-order valence-corrected chi connectivity index (χ0v) is 15.2. The summed E-state index contributed by atoms with van der Waals surface area (Å²) >= 11 is 3.54. The molecule has 25 heavy (non-hydrogen) atoms. The van der Waals surface area contributed by atoms with E-state index in [1.807, 2.05) is 66.7 Å². The number of para-hydroxylation sites is 1. The number of amides is 1. The van der Waals surface area contributed by atoms with Crippen LogP contribution in [0, 0.1) is 0 Å². The third kappa shape index (κ3) is 4.73. The van der Waals surface area contributed by atoms with Crippen molar-refractivity contribution in [2.24, 2.45) is 0 Å². The molecule has 1 N–H and O–H groups in total. The Morgan fingerprint density at radius 2 is 1.68 bits per heavy atom. The SMILES string of the molecule is O=C(COc1ccc2ccccc2c1Br)NCCOc1ccccc1. The normalized spacial score (nSPS) is 10.4. The number of carbonyl (C=O) groups is 1. The summed E-state index contributed by atoms with van der Waals surface area (Å²) in [7, 11) is 0. The van der Waals surface area contributed by atoms with Gasteiger partial charge in [0.15, 0.2) is 6.61 Å². The molecule has 0 atom stereocenters. The first kappa shape index (κ1) is 17.3. The van der Waals surface area contributed by atoms with Gasteiger partial charge in [0, 0.05) is 0 Å². The Balaban J connectivity index is 1.45. The highest BCUT2D eigenvalue weighted by molar-refractivity contribution is 9.10. The molecule has 0 saturated carbocycles. The van der Waals surface area contributed by atoms with Gasteiger partial charge in [-0.15, -0.1) is 0 Å². The molecule has 0 spiro atoms. The molecule has 3 aromatic rings. The van der Waals surface area contributed by atoms with Crippen LogP contribution in [0.3, 0.4) is 0 Å². The molecule has 0 aromatic heterocycles. The van der Waals surface area contributed by atoms with Crippen LogP contribution in [0.1, 0.15) is 0 Å². The van der Waals surface area contributed by atoms with Crippen LogP contribution < -0.4 is 14.8 Å². The number of rotatable bonds is 7. The van der Waals surface area contributed by atoms with E-state index in [0.717, 1.165) is 21.0 Å². The van der Waals surface area contributed by atoms with E-state index in [1.54, 1.807) is 0 Å². The van der Waals surface area contributed by atoms with Crippen LogP contribution in [0.2, 0.25) is 0 Å². The summed E-state index contributed by atoms with van der Waals surface area (Å²) in [6, 6.07) is 21.3. The average molecular weight is 400 g/mol. The molecule has 1 amide bonds. The van der Waals surface area contributed by atoms with E-state index in [1.165, 1.54) is 0 Å². The molecule has 128 valence electrons. The molecule has 5 heteroatoms. The third-order valence-electron chi connectivity index (χ3n) is 3.62. The van der Waals surface area contributed by atoms with Crippen molar-refractivity contribution in [1.82, 2.24) is 5.32 Å². The van der Waals surface area contributed by atoms with Crippen molar-refractivity contribution >= 4 is 32.6 Å². The lowest BCUT2D eigenvalue weighted by atomic mass is 10.1. The minimum Gasteiger partial charge on any atom is -0.492 e. The Labute approximate surface area is 154 Å². The molecule has 0 fully saturated rings. The summed E-state index contributed by atoms with van der Waals surface area (Å²) in [5.74, 6) is 1.25. The molecule has 0 saturated heterocycles. The number of fused-ring (bicyclic) bond motifs is 1. The average Bonchev–Trinajstić information content (AvgIpc) is 2.66. The van der Waals surface area contributed by atoms with Gasteiger partial charge < -0.3 is 14.8 Å². The van der Waals surface area contributed by atoms with E-state index in [2.05, 4.69) is 21.2 Å². The van der Waals surface area contributed by atoms with Gasteiger partial charge in [-0.05, 0) is 44.9 Å². The molecule has 0 bridgehead atoms. The van der Waals surface area contributed by atoms with Crippen molar-refractivity contribution in [3.05, 3.63) is 71.2 Å². The lowest BCUT2D eigenvalue weighted by molar-refractivity contribution is -0.123. The van der Waals surface area contributed by atoms with Crippen LogP contribution in [0.15, 0.2) is 71.2 Å². The smallest absolute Gasteiger partial charge is 0.258 e. The topological polar surface area (TPSA) is 47.6 Å². The van der Waals surface area contributed by atoms with Gasteiger partial charge in [-0.3, -0.25) is 4.79 Å². The minimum absolute atomic E-state index is 0.0394. The van der Waals surface area contributed by atoms with E-state index < -0.39 is 0 Å². The fourth-order valence-corrected chi connectivity index (χ4v) is 3.00. The third-order valence-corrected chi connectivity index (χ3v) is 4.44. The zero-order chi connectivity index (χ0) is 17.5. The van der Waals surface area contributed by atoms with Crippen LogP contribution in [0.5, 0.6) is 11.5 Å². The zero-order valence-electron chi connectivity index (χ0n) is 13.6. The molecule has 4 nitrogen and oxygen atoms in total. The Morgan fingerprint density at radius 3 is 2.52 bits per heavy atom. The second-order valence-electron chi connectivity index (χ2n) is 5.40. The highest BCUT2D eigenvalue weighted by Crippen LogP contribution is 2.32. The highest BCUT2D eigenvalue weighted by Gasteiger charge is 2.08. The first-order valence-corrected chi connectivity index (χ1v) is 8.78. The van der Waals surface area contributed by atoms with E-state index in [-0.39, 0.29) is 12.5 Å². The van der Waals surface area contributed by atoms with Crippen LogP contribution in [0.4, 0.5) is 0 Å². The predicted molar refractivity (Wildman–Crippen MR) is 102 cm³/mol. The fraction of sp³-hybridized carbons (Fsp3) is 0.150. The van der Waals surface area contributed by atoms with Crippen molar-refractivity contribution in [1.29, 1.82) is 0 Å².